The molecule has 24 heavy (non-hydrogen) atoms. The molecule has 0 radical (unpaired) electrons. The fourth-order valence-corrected chi connectivity index (χ4v) is 2.72. The van der Waals surface area contributed by atoms with Crippen LogP contribution in [0.3, 0.4) is 0 Å². The standard InChI is InChI=1S/C18H21BrN2O2.ClH/c1-23-15-8-9-17(19)16(12-15)18(22)21(11-5-10-20)13-14-6-3-2-4-7-14;/h2-4,6-9,12H,5,10-11,13,20H2,1H3;1H. The molecular weight excluding hydrogens is 392 g/mol. The van der Waals surface area contributed by atoms with Gasteiger partial charge in [-0.05, 0) is 52.7 Å². The molecule has 6 heteroatoms. The summed E-state index contributed by atoms with van der Waals surface area (Å²) in [5.74, 6) is 0.628. The van der Waals surface area contributed by atoms with E-state index in [1.165, 1.54) is 0 Å². The van der Waals surface area contributed by atoms with Gasteiger partial charge in [0.05, 0.1) is 12.7 Å². The molecule has 4 nitrogen and oxygen atoms in total. The Bertz CT molecular complexity index is 653. The van der Waals surface area contributed by atoms with Crippen molar-refractivity contribution in [1.29, 1.82) is 0 Å². The van der Waals surface area contributed by atoms with Crippen LogP contribution in [-0.4, -0.2) is 31.0 Å². The molecular formula is C18H22BrClN2O2. The molecule has 2 aromatic rings. The summed E-state index contributed by atoms with van der Waals surface area (Å²) >= 11 is 3.45. The Labute approximate surface area is 157 Å². The van der Waals surface area contributed by atoms with Crippen LogP contribution in [0, 0.1) is 0 Å². The summed E-state index contributed by atoms with van der Waals surface area (Å²) in [4.78, 5) is 14.8. The van der Waals surface area contributed by atoms with Crippen LogP contribution in [0.4, 0.5) is 0 Å². The summed E-state index contributed by atoms with van der Waals surface area (Å²) in [6.07, 6.45) is 0.764. The fraction of sp³-hybridized carbons (Fsp3) is 0.278. The highest BCUT2D eigenvalue weighted by Gasteiger charge is 2.19. The van der Waals surface area contributed by atoms with Crippen molar-refractivity contribution in [3.8, 4) is 5.75 Å². The second-order valence-corrected chi connectivity index (χ2v) is 6.05. The van der Waals surface area contributed by atoms with Gasteiger partial charge in [-0.1, -0.05) is 30.3 Å². The molecule has 0 aliphatic heterocycles. The van der Waals surface area contributed by atoms with Crippen molar-refractivity contribution in [3.63, 3.8) is 0 Å². The van der Waals surface area contributed by atoms with Gasteiger partial charge in [0.15, 0.2) is 0 Å². The Morgan fingerprint density at radius 3 is 2.54 bits per heavy atom. The van der Waals surface area contributed by atoms with E-state index in [1.807, 2.05) is 47.4 Å². The number of nitrogens with two attached hydrogens (primary N) is 1. The minimum atomic E-state index is -0.0342. The Balaban J connectivity index is 0.00000288. The Kier molecular flexibility index (Phi) is 8.82. The largest absolute Gasteiger partial charge is 0.497 e. The van der Waals surface area contributed by atoms with Crippen LogP contribution in [0.1, 0.15) is 22.3 Å². The topological polar surface area (TPSA) is 55.6 Å². The van der Waals surface area contributed by atoms with E-state index in [9.17, 15) is 4.79 Å². The molecule has 0 aromatic heterocycles. The second-order valence-electron chi connectivity index (χ2n) is 5.20. The summed E-state index contributed by atoms with van der Waals surface area (Å²) in [6.45, 7) is 1.73. The van der Waals surface area contributed by atoms with Crippen molar-refractivity contribution in [1.82, 2.24) is 4.90 Å². The number of ether oxygens (including phenoxy) is 1. The van der Waals surface area contributed by atoms with Crippen molar-refractivity contribution < 1.29 is 9.53 Å². The van der Waals surface area contributed by atoms with Crippen molar-refractivity contribution in [2.45, 2.75) is 13.0 Å². The first-order chi connectivity index (χ1) is 11.2. The first-order valence-corrected chi connectivity index (χ1v) is 8.32. The summed E-state index contributed by atoms with van der Waals surface area (Å²) in [5, 5.41) is 0. The van der Waals surface area contributed by atoms with Crippen LogP contribution in [0.5, 0.6) is 5.75 Å². The van der Waals surface area contributed by atoms with Gasteiger partial charge < -0.3 is 15.4 Å². The number of methoxy groups -OCH3 is 1. The molecule has 0 saturated carbocycles. The average Bonchev–Trinajstić information content (AvgIpc) is 2.59. The number of carbonyl (C=O) groups excluding carboxylic acids is 1. The van der Waals surface area contributed by atoms with Gasteiger partial charge in [0.1, 0.15) is 5.75 Å². The zero-order valence-corrected chi connectivity index (χ0v) is 16.0. The number of nitrogens with zero attached hydrogens (tertiary/aromatic N) is 1. The van der Waals surface area contributed by atoms with E-state index in [4.69, 9.17) is 10.5 Å². The van der Waals surface area contributed by atoms with Gasteiger partial charge in [0, 0.05) is 17.6 Å². The summed E-state index contributed by atoms with van der Waals surface area (Å²) in [7, 11) is 1.59. The van der Waals surface area contributed by atoms with Crippen molar-refractivity contribution in [3.05, 3.63) is 64.1 Å². The van der Waals surface area contributed by atoms with E-state index in [-0.39, 0.29) is 18.3 Å². The Hall–Kier alpha value is -1.56. The van der Waals surface area contributed by atoms with Crippen LogP contribution in [-0.2, 0) is 6.54 Å². The maximum absolute atomic E-state index is 12.9. The molecule has 0 atom stereocenters. The maximum Gasteiger partial charge on any atom is 0.255 e. The number of carbonyl (C=O) groups is 1. The predicted octanol–water partition coefficient (Wildman–Crippen LogP) is 3.87. The molecule has 0 fully saturated rings. The quantitative estimate of drug-likeness (QED) is 0.749. The van der Waals surface area contributed by atoms with Gasteiger partial charge in [-0.2, -0.15) is 0 Å². The molecule has 0 heterocycles. The first-order valence-electron chi connectivity index (χ1n) is 7.52. The normalized spacial score (nSPS) is 9.96. The lowest BCUT2D eigenvalue weighted by atomic mass is 10.1. The van der Waals surface area contributed by atoms with Gasteiger partial charge in [-0.25, -0.2) is 0 Å². The monoisotopic (exact) mass is 412 g/mol. The van der Waals surface area contributed by atoms with Gasteiger partial charge in [0.25, 0.3) is 5.91 Å². The van der Waals surface area contributed by atoms with Crippen LogP contribution >= 0.6 is 28.3 Å². The fourth-order valence-electron chi connectivity index (χ4n) is 2.30. The molecule has 0 bridgehead atoms. The molecule has 130 valence electrons. The third-order valence-corrected chi connectivity index (χ3v) is 4.23. The van der Waals surface area contributed by atoms with Crippen molar-refractivity contribution >= 4 is 34.2 Å². The molecule has 0 aliphatic rings. The minimum absolute atomic E-state index is 0. The highest BCUT2D eigenvalue weighted by molar-refractivity contribution is 9.10. The van der Waals surface area contributed by atoms with Gasteiger partial charge in [-0.3, -0.25) is 4.79 Å². The van der Waals surface area contributed by atoms with Gasteiger partial charge in [-0.15, -0.1) is 12.4 Å². The zero-order valence-electron chi connectivity index (χ0n) is 13.6. The first kappa shape index (κ1) is 20.5. The zero-order chi connectivity index (χ0) is 16.7. The van der Waals surface area contributed by atoms with E-state index in [0.717, 1.165) is 16.5 Å². The van der Waals surface area contributed by atoms with Crippen LogP contribution in [0.25, 0.3) is 0 Å². The Morgan fingerprint density at radius 1 is 1.21 bits per heavy atom. The predicted molar refractivity (Wildman–Crippen MR) is 103 cm³/mol. The molecule has 2 N–H and O–H groups in total. The molecule has 0 spiro atoms. The van der Waals surface area contributed by atoms with E-state index in [0.29, 0.717) is 30.9 Å². The number of benzene rings is 2. The van der Waals surface area contributed by atoms with Crippen LogP contribution < -0.4 is 10.5 Å². The molecule has 0 saturated heterocycles. The molecule has 2 aromatic carbocycles. The van der Waals surface area contributed by atoms with Crippen molar-refractivity contribution in [2.24, 2.45) is 5.73 Å². The number of hydrogen-bond donors (Lipinski definition) is 1. The highest BCUT2D eigenvalue weighted by Crippen LogP contribution is 2.24. The lowest BCUT2D eigenvalue weighted by Gasteiger charge is -2.23. The smallest absolute Gasteiger partial charge is 0.255 e. The summed E-state index contributed by atoms with van der Waals surface area (Å²) in [6, 6.07) is 15.4. The molecule has 0 unspecified atom stereocenters. The third-order valence-electron chi connectivity index (χ3n) is 3.54. The highest BCUT2D eigenvalue weighted by atomic mass is 79.9. The number of halogens is 2. The molecule has 2 rings (SSSR count). The van der Waals surface area contributed by atoms with Crippen molar-refractivity contribution in [2.75, 3.05) is 20.2 Å². The average molecular weight is 414 g/mol. The Morgan fingerprint density at radius 2 is 1.92 bits per heavy atom. The van der Waals surface area contributed by atoms with Crippen LogP contribution in [0.2, 0.25) is 0 Å². The van der Waals surface area contributed by atoms with E-state index >= 15 is 0 Å². The van der Waals surface area contributed by atoms with Crippen LogP contribution in [0.15, 0.2) is 53.0 Å². The lowest BCUT2D eigenvalue weighted by Crippen LogP contribution is -2.32. The number of rotatable bonds is 7. The molecule has 0 aliphatic carbocycles. The molecule has 1 amide bonds. The maximum atomic E-state index is 12.9. The van der Waals surface area contributed by atoms with Gasteiger partial charge in [0.2, 0.25) is 0 Å². The minimum Gasteiger partial charge on any atom is -0.497 e. The number of hydrogen-bond acceptors (Lipinski definition) is 3. The summed E-state index contributed by atoms with van der Waals surface area (Å²) in [5.41, 5.74) is 7.31. The SMILES string of the molecule is COc1ccc(Br)c(C(=O)N(CCCN)Cc2ccccc2)c1.Cl. The lowest BCUT2D eigenvalue weighted by molar-refractivity contribution is 0.0741. The van der Waals surface area contributed by atoms with E-state index in [2.05, 4.69) is 15.9 Å². The van der Waals surface area contributed by atoms with E-state index < -0.39 is 0 Å². The third kappa shape index (κ3) is 5.51. The number of amides is 1. The second kappa shape index (κ2) is 10.3. The summed E-state index contributed by atoms with van der Waals surface area (Å²) < 4.78 is 5.99. The van der Waals surface area contributed by atoms with E-state index in [1.54, 1.807) is 13.2 Å². The van der Waals surface area contributed by atoms with Gasteiger partial charge >= 0.3 is 0 Å².